The molecule has 0 bridgehead atoms. The minimum atomic E-state index is -0.674. The number of nitrogens with two attached hydrogens (primary N) is 1. The minimum Gasteiger partial charge on any atom is -0.379 e. The third kappa shape index (κ3) is 5.11. The van der Waals surface area contributed by atoms with E-state index in [2.05, 4.69) is 25.8 Å². The Hall–Kier alpha value is -3.63. The fraction of sp³-hybridized carbons (Fsp3) is 0.286. The molecule has 4 amide bonds. The summed E-state index contributed by atoms with van der Waals surface area (Å²) in [6, 6.07) is 6.27. The van der Waals surface area contributed by atoms with E-state index in [1.807, 2.05) is 6.07 Å². The molecule has 0 atom stereocenters. The summed E-state index contributed by atoms with van der Waals surface area (Å²) in [7, 11) is 0. The van der Waals surface area contributed by atoms with Crippen molar-refractivity contribution < 1.29 is 19.1 Å². The number of nitrogens with zero attached hydrogens (tertiary/aromatic N) is 1. The monoisotopic (exact) mass is 424 g/mol. The molecule has 10 heteroatoms. The van der Waals surface area contributed by atoms with E-state index in [0.29, 0.717) is 48.8 Å². The molecule has 2 aliphatic rings. The minimum absolute atomic E-state index is 0.0402. The molecule has 4 rings (SSSR count). The molecule has 0 aliphatic carbocycles. The Bertz CT molecular complexity index is 1040. The summed E-state index contributed by atoms with van der Waals surface area (Å²) in [6.07, 6.45) is 3.52. The van der Waals surface area contributed by atoms with Gasteiger partial charge < -0.3 is 31.4 Å². The van der Waals surface area contributed by atoms with Gasteiger partial charge in [-0.3, -0.25) is 14.5 Å². The van der Waals surface area contributed by atoms with Crippen LogP contribution in [-0.4, -0.2) is 60.6 Å². The molecule has 31 heavy (non-hydrogen) atoms. The van der Waals surface area contributed by atoms with Crippen LogP contribution in [0.25, 0.3) is 11.6 Å². The number of ether oxygens (including phenoxy) is 1. The van der Waals surface area contributed by atoms with Crippen molar-refractivity contribution in [3.63, 3.8) is 0 Å². The Morgan fingerprint density at radius 3 is 2.81 bits per heavy atom. The lowest BCUT2D eigenvalue weighted by Gasteiger charge is -2.25. The van der Waals surface area contributed by atoms with Gasteiger partial charge in [-0.2, -0.15) is 0 Å². The molecule has 0 spiro atoms. The molecule has 6 N–H and O–H groups in total. The molecular formula is C21H24N6O4. The topological polar surface area (TPSA) is 142 Å². The van der Waals surface area contributed by atoms with Crippen molar-refractivity contribution >= 4 is 40.9 Å². The highest BCUT2D eigenvalue weighted by Gasteiger charge is 2.24. The highest BCUT2D eigenvalue weighted by Crippen LogP contribution is 2.35. The molecule has 10 nitrogen and oxygen atoms in total. The lowest BCUT2D eigenvalue weighted by molar-refractivity contribution is -0.123. The van der Waals surface area contributed by atoms with Crippen LogP contribution in [0.2, 0.25) is 0 Å². The highest BCUT2D eigenvalue weighted by molar-refractivity contribution is 6.35. The number of anilines is 2. The molecule has 0 radical (unpaired) electrons. The zero-order valence-electron chi connectivity index (χ0n) is 16.9. The number of H-pyrrole nitrogens is 1. The second-order valence-corrected chi connectivity index (χ2v) is 7.39. The zero-order chi connectivity index (χ0) is 21.8. The molecule has 162 valence electrons. The second kappa shape index (κ2) is 9.02. The third-order valence-electron chi connectivity index (χ3n) is 5.10. The number of rotatable bonds is 6. The lowest BCUT2D eigenvalue weighted by atomic mass is 10.1. The van der Waals surface area contributed by atoms with E-state index in [1.165, 1.54) is 0 Å². The van der Waals surface area contributed by atoms with Gasteiger partial charge >= 0.3 is 6.03 Å². The summed E-state index contributed by atoms with van der Waals surface area (Å²) in [5, 5.41) is 8.22. The van der Waals surface area contributed by atoms with Gasteiger partial charge in [0, 0.05) is 48.5 Å². The van der Waals surface area contributed by atoms with Crippen molar-refractivity contribution in [2.45, 2.75) is 6.54 Å². The number of carbonyl (C=O) groups is 3. The molecular weight excluding hydrogens is 400 g/mol. The van der Waals surface area contributed by atoms with Crippen LogP contribution in [0.3, 0.4) is 0 Å². The predicted octanol–water partition coefficient (Wildman–Crippen LogP) is 0.946. The maximum absolute atomic E-state index is 12.4. The normalized spacial score (nSPS) is 17.3. The van der Waals surface area contributed by atoms with Crippen LogP contribution < -0.4 is 21.7 Å². The fourth-order valence-corrected chi connectivity index (χ4v) is 3.57. The van der Waals surface area contributed by atoms with E-state index < -0.39 is 6.03 Å². The van der Waals surface area contributed by atoms with Crippen molar-refractivity contribution in [3.05, 3.63) is 47.3 Å². The average Bonchev–Trinajstić information content (AvgIpc) is 3.31. The fourth-order valence-electron chi connectivity index (χ4n) is 3.57. The summed E-state index contributed by atoms with van der Waals surface area (Å²) >= 11 is 0. The van der Waals surface area contributed by atoms with Crippen molar-refractivity contribution in [1.82, 2.24) is 15.2 Å². The van der Waals surface area contributed by atoms with Gasteiger partial charge in [-0.05, 0) is 35.9 Å². The number of aromatic nitrogens is 1. The van der Waals surface area contributed by atoms with E-state index >= 15 is 0 Å². The van der Waals surface area contributed by atoms with E-state index in [1.54, 1.807) is 30.5 Å². The van der Waals surface area contributed by atoms with Crippen LogP contribution in [-0.2, 0) is 20.9 Å². The maximum atomic E-state index is 12.4. The van der Waals surface area contributed by atoms with E-state index in [0.717, 1.165) is 24.3 Å². The van der Waals surface area contributed by atoms with Gasteiger partial charge in [-0.1, -0.05) is 0 Å². The number of nitrogens with one attached hydrogen (secondary N) is 4. The molecule has 0 saturated carbocycles. The number of amides is 4. The molecule has 1 aromatic carbocycles. The number of hydrogen-bond acceptors (Lipinski definition) is 5. The van der Waals surface area contributed by atoms with Crippen LogP contribution in [0.4, 0.5) is 16.2 Å². The summed E-state index contributed by atoms with van der Waals surface area (Å²) in [4.78, 5) is 40.8. The average molecular weight is 424 g/mol. The number of carbonyl (C=O) groups excluding carboxylic acids is 3. The Morgan fingerprint density at radius 2 is 2.03 bits per heavy atom. The van der Waals surface area contributed by atoms with Crippen LogP contribution >= 0.6 is 0 Å². The van der Waals surface area contributed by atoms with Crippen LogP contribution in [0.15, 0.2) is 30.5 Å². The van der Waals surface area contributed by atoms with Gasteiger partial charge in [0.05, 0.1) is 25.3 Å². The Morgan fingerprint density at radius 1 is 1.23 bits per heavy atom. The van der Waals surface area contributed by atoms with Gasteiger partial charge in [0.1, 0.15) is 0 Å². The quantitative estimate of drug-likeness (QED) is 0.439. The Balaban J connectivity index is 1.41. The van der Waals surface area contributed by atoms with E-state index in [9.17, 15) is 14.4 Å². The molecule has 2 aromatic rings. The van der Waals surface area contributed by atoms with Crippen molar-refractivity contribution in [1.29, 1.82) is 0 Å². The number of hydrogen-bond donors (Lipinski definition) is 5. The third-order valence-corrected chi connectivity index (χ3v) is 5.10. The first-order valence-electron chi connectivity index (χ1n) is 9.96. The molecule has 2 aliphatic heterocycles. The van der Waals surface area contributed by atoms with Gasteiger partial charge in [0.25, 0.3) is 5.91 Å². The molecule has 3 heterocycles. The van der Waals surface area contributed by atoms with Gasteiger partial charge in [0.15, 0.2) is 0 Å². The summed E-state index contributed by atoms with van der Waals surface area (Å²) in [6.45, 7) is 3.56. The van der Waals surface area contributed by atoms with Crippen LogP contribution in [0, 0.1) is 0 Å². The van der Waals surface area contributed by atoms with Gasteiger partial charge in [0.2, 0.25) is 5.91 Å². The largest absolute Gasteiger partial charge is 0.379 e. The summed E-state index contributed by atoms with van der Waals surface area (Å²) in [5.41, 5.74) is 9.09. The van der Waals surface area contributed by atoms with Gasteiger partial charge in [-0.25, -0.2) is 4.79 Å². The van der Waals surface area contributed by atoms with Crippen molar-refractivity contribution in [2.75, 3.05) is 43.5 Å². The zero-order valence-corrected chi connectivity index (χ0v) is 16.9. The first-order valence-corrected chi connectivity index (χ1v) is 9.96. The summed E-state index contributed by atoms with van der Waals surface area (Å²) in [5.74, 6) is -0.275. The van der Waals surface area contributed by atoms with Crippen LogP contribution in [0.5, 0.6) is 0 Å². The van der Waals surface area contributed by atoms with Crippen molar-refractivity contribution in [2.24, 2.45) is 5.73 Å². The lowest BCUT2D eigenvalue weighted by Crippen LogP contribution is -2.42. The standard InChI is InChI=1S/C21H24N6O4/c22-21(30)25-14-1-2-18-16(8-14)17(20(29)26-18)9-15-7-13(10-23-15)11-24-19(28)12-27-3-5-31-6-4-27/h1-2,7-10,23H,3-6,11-12H2,(H,24,28)(H,26,29)(H3,22,25,30). The van der Waals surface area contributed by atoms with E-state index in [-0.39, 0.29) is 11.8 Å². The smallest absolute Gasteiger partial charge is 0.316 e. The number of aromatic amines is 1. The molecule has 1 aromatic heterocycles. The van der Waals surface area contributed by atoms with E-state index in [4.69, 9.17) is 10.5 Å². The summed E-state index contributed by atoms with van der Waals surface area (Å²) < 4.78 is 5.29. The van der Waals surface area contributed by atoms with Crippen molar-refractivity contribution in [3.8, 4) is 0 Å². The molecule has 0 unspecified atom stereocenters. The number of primary amides is 1. The van der Waals surface area contributed by atoms with Crippen LogP contribution in [0.1, 0.15) is 16.8 Å². The second-order valence-electron chi connectivity index (χ2n) is 7.39. The first-order chi connectivity index (χ1) is 15.0. The predicted molar refractivity (Wildman–Crippen MR) is 116 cm³/mol. The number of fused-ring (bicyclic) bond motifs is 1. The SMILES string of the molecule is NC(=O)Nc1ccc2c(c1)C(=Cc1cc(CNC(=O)CN3CCOCC3)c[nH]1)C(=O)N2. The van der Waals surface area contributed by atoms with Gasteiger partial charge in [-0.15, -0.1) is 0 Å². The highest BCUT2D eigenvalue weighted by atomic mass is 16.5. The maximum Gasteiger partial charge on any atom is 0.316 e. The molecule has 1 saturated heterocycles. The Kier molecular flexibility index (Phi) is 6.01. The number of morpholine rings is 1. The molecule has 1 fully saturated rings. The Labute approximate surface area is 178 Å². The number of urea groups is 1. The number of benzene rings is 1. The first kappa shape index (κ1) is 20.6.